The molecule has 0 bridgehead atoms. The van der Waals surface area contributed by atoms with Crippen LogP contribution in [0, 0.1) is 0 Å². The molecule has 0 saturated carbocycles. The van der Waals surface area contributed by atoms with E-state index in [-0.39, 0.29) is 21.5 Å². The van der Waals surface area contributed by atoms with Crippen LogP contribution in [-0.4, -0.2) is 0 Å². The number of rotatable bonds is 2. The Hall–Kier alpha value is -4.06. The Morgan fingerprint density at radius 1 is 0.429 bits per heavy atom. The molecule has 28 heavy (non-hydrogen) atoms. The van der Waals surface area contributed by atoms with E-state index < -0.39 is 22.5 Å². The third-order valence-electron chi connectivity index (χ3n) is 4.81. The van der Waals surface area contributed by atoms with Gasteiger partial charge in [0.1, 0.15) is 0 Å². The van der Waals surface area contributed by atoms with Crippen LogP contribution < -0.4 is 22.5 Å². The fourth-order valence-corrected chi connectivity index (χ4v) is 3.73. The van der Waals surface area contributed by atoms with E-state index in [4.69, 9.17) is 8.83 Å². The number of benzene rings is 3. The molecule has 0 aliphatic rings. The lowest BCUT2D eigenvalue weighted by atomic mass is 9.87. The number of hydrogen-bond donors (Lipinski definition) is 0. The van der Waals surface area contributed by atoms with E-state index in [1.807, 2.05) is 0 Å². The Morgan fingerprint density at radius 2 is 0.750 bits per heavy atom. The molecular formula is C22H10O6. The van der Waals surface area contributed by atoms with Gasteiger partial charge in [-0.2, -0.15) is 0 Å². The van der Waals surface area contributed by atoms with Gasteiger partial charge in [-0.05, 0) is 11.1 Å². The van der Waals surface area contributed by atoms with Gasteiger partial charge < -0.3 is 8.83 Å². The Kier molecular flexibility index (Phi) is 3.30. The molecule has 0 N–H and O–H groups in total. The summed E-state index contributed by atoms with van der Waals surface area (Å²) in [5.74, 6) is 0. The van der Waals surface area contributed by atoms with Crippen molar-refractivity contribution in [1.82, 2.24) is 0 Å². The second-order valence-corrected chi connectivity index (χ2v) is 6.34. The largest absolute Gasteiger partial charge is 0.386 e. The molecule has 2 aromatic heterocycles. The van der Waals surface area contributed by atoms with E-state index in [1.165, 1.54) is 0 Å². The summed E-state index contributed by atoms with van der Waals surface area (Å²) in [6.07, 6.45) is 0. The molecule has 0 atom stereocenters. The predicted molar refractivity (Wildman–Crippen MR) is 104 cm³/mol. The second kappa shape index (κ2) is 5.72. The molecule has 5 aromatic rings. The summed E-state index contributed by atoms with van der Waals surface area (Å²) in [5, 5.41) is -0.482. The van der Waals surface area contributed by atoms with Crippen LogP contribution in [-0.2, 0) is 0 Å². The maximum atomic E-state index is 12.6. The van der Waals surface area contributed by atoms with Crippen LogP contribution in [0.15, 0.2) is 88.7 Å². The van der Waals surface area contributed by atoms with Gasteiger partial charge in [0.25, 0.3) is 0 Å². The second-order valence-electron chi connectivity index (χ2n) is 6.34. The summed E-state index contributed by atoms with van der Waals surface area (Å²) < 4.78 is 9.59. The molecule has 0 aliphatic heterocycles. The molecule has 0 fully saturated rings. The zero-order valence-electron chi connectivity index (χ0n) is 14.2. The van der Waals surface area contributed by atoms with Crippen LogP contribution in [0.2, 0.25) is 0 Å². The minimum absolute atomic E-state index is 0.0274. The van der Waals surface area contributed by atoms with Gasteiger partial charge in [0.15, 0.2) is 0 Å². The third kappa shape index (κ3) is 2.08. The molecule has 0 amide bonds. The number of furan rings is 2. The predicted octanol–water partition coefficient (Wildman–Crippen LogP) is 2.83. The van der Waals surface area contributed by atoms with E-state index in [0.29, 0.717) is 22.3 Å². The summed E-state index contributed by atoms with van der Waals surface area (Å²) in [7, 11) is 0. The fourth-order valence-electron chi connectivity index (χ4n) is 3.73. The fraction of sp³-hybridized carbons (Fsp3) is 0. The lowest BCUT2D eigenvalue weighted by molar-refractivity contribution is 0.497. The zero-order chi connectivity index (χ0) is 19.4. The van der Waals surface area contributed by atoms with Crippen LogP contribution in [0.1, 0.15) is 0 Å². The summed E-state index contributed by atoms with van der Waals surface area (Å²) in [6, 6.07) is 17.7. The monoisotopic (exact) mass is 370 g/mol. The van der Waals surface area contributed by atoms with E-state index >= 15 is 0 Å². The minimum Gasteiger partial charge on any atom is -0.386 e. The molecule has 5 rings (SSSR count). The molecule has 0 saturated heterocycles. The van der Waals surface area contributed by atoms with Crippen molar-refractivity contribution in [3.05, 3.63) is 102 Å². The van der Waals surface area contributed by atoms with Crippen molar-refractivity contribution in [2.75, 3.05) is 0 Å². The smallest absolute Gasteiger partial charge is 0.347 e. The van der Waals surface area contributed by atoms with Crippen molar-refractivity contribution in [3.8, 4) is 22.3 Å². The minimum atomic E-state index is -0.959. The Morgan fingerprint density at radius 3 is 1.11 bits per heavy atom. The summed E-state index contributed by atoms with van der Waals surface area (Å²) in [6.45, 7) is 0. The first-order chi connectivity index (χ1) is 13.6. The van der Waals surface area contributed by atoms with Gasteiger partial charge in [-0.15, -0.1) is 0 Å². The number of hydrogen-bond acceptors (Lipinski definition) is 6. The van der Waals surface area contributed by atoms with E-state index in [2.05, 4.69) is 0 Å². The third-order valence-corrected chi connectivity index (χ3v) is 4.81. The lowest BCUT2D eigenvalue weighted by Gasteiger charge is -2.12. The molecule has 2 heterocycles. The lowest BCUT2D eigenvalue weighted by Crippen LogP contribution is -2.02. The van der Waals surface area contributed by atoms with E-state index in [0.717, 1.165) is 0 Å². The van der Waals surface area contributed by atoms with Crippen LogP contribution >= 0.6 is 0 Å². The highest BCUT2D eigenvalue weighted by molar-refractivity contribution is 6.20. The first kappa shape index (κ1) is 16.1. The average molecular weight is 370 g/mol. The van der Waals surface area contributed by atoms with Crippen LogP contribution in [0.3, 0.4) is 0 Å². The van der Waals surface area contributed by atoms with Gasteiger partial charge in [-0.1, -0.05) is 60.7 Å². The summed E-state index contributed by atoms with van der Waals surface area (Å²) in [4.78, 5) is 49.8. The maximum Gasteiger partial charge on any atom is 0.347 e. The Bertz CT molecular complexity index is 1440. The molecule has 0 spiro atoms. The molecule has 0 unspecified atom stereocenters. The first-order valence-corrected chi connectivity index (χ1v) is 8.45. The van der Waals surface area contributed by atoms with E-state index in [1.54, 1.807) is 60.7 Å². The van der Waals surface area contributed by atoms with Crippen molar-refractivity contribution in [1.29, 1.82) is 0 Å². The maximum absolute atomic E-state index is 12.6. The standard InChI is InChI=1S/C22H10O6/c23-19-15-13(11-7-3-1-4-8-11)14(12-9-5-2-6-10-12)16-18(17(15)21(25)27-19)22(26)28-20(16)24/h1-10H. The van der Waals surface area contributed by atoms with Crippen LogP contribution in [0.5, 0.6) is 0 Å². The molecule has 134 valence electrons. The van der Waals surface area contributed by atoms with Crippen molar-refractivity contribution in [2.45, 2.75) is 0 Å². The molecular weight excluding hydrogens is 360 g/mol. The quantitative estimate of drug-likeness (QED) is 0.474. The molecule has 0 aliphatic carbocycles. The molecule has 0 radical (unpaired) electrons. The normalized spacial score (nSPS) is 11.4. The van der Waals surface area contributed by atoms with Gasteiger partial charge in [0.05, 0.1) is 21.5 Å². The van der Waals surface area contributed by atoms with Crippen molar-refractivity contribution in [2.24, 2.45) is 0 Å². The van der Waals surface area contributed by atoms with Crippen molar-refractivity contribution in [3.63, 3.8) is 0 Å². The van der Waals surface area contributed by atoms with Crippen molar-refractivity contribution >= 4 is 21.5 Å². The summed E-state index contributed by atoms with van der Waals surface area (Å²) >= 11 is 0. The Labute approximate surface area is 155 Å². The molecule has 6 nitrogen and oxygen atoms in total. The van der Waals surface area contributed by atoms with Gasteiger partial charge in [0.2, 0.25) is 0 Å². The van der Waals surface area contributed by atoms with Crippen molar-refractivity contribution < 1.29 is 8.83 Å². The molecule has 6 heteroatoms. The number of fused-ring (bicyclic) bond motifs is 3. The van der Waals surface area contributed by atoms with Gasteiger partial charge in [-0.25, -0.2) is 19.2 Å². The summed E-state index contributed by atoms with van der Waals surface area (Å²) in [5.41, 5.74) is -1.68. The Balaban J connectivity index is 2.21. The SMILES string of the molecule is O=c1oc(=O)c2c1c(-c1ccccc1)c(-c1ccccc1)c1c(=O)oc(=O)c12. The van der Waals surface area contributed by atoms with Gasteiger partial charge >= 0.3 is 22.5 Å². The van der Waals surface area contributed by atoms with Crippen LogP contribution in [0.25, 0.3) is 43.8 Å². The van der Waals surface area contributed by atoms with E-state index in [9.17, 15) is 19.2 Å². The zero-order valence-corrected chi connectivity index (χ0v) is 14.2. The van der Waals surface area contributed by atoms with Crippen LogP contribution in [0.4, 0.5) is 0 Å². The van der Waals surface area contributed by atoms with Gasteiger partial charge in [0, 0.05) is 11.1 Å². The first-order valence-electron chi connectivity index (χ1n) is 8.45. The average Bonchev–Trinajstić information content (AvgIpc) is 3.17. The van der Waals surface area contributed by atoms with Gasteiger partial charge in [-0.3, -0.25) is 0 Å². The molecule has 3 aromatic carbocycles. The topological polar surface area (TPSA) is 94.6 Å². The highest BCUT2D eigenvalue weighted by Crippen LogP contribution is 2.40. The highest BCUT2D eigenvalue weighted by atomic mass is 16.4. The highest BCUT2D eigenvalue weighted by Gasteiger charge is 2.28.